The number of hydrogen-bond donors (Lipinski definition) is 1. The van der Waals surface area contributed by atoms with Crippen LogP contribution in [0.1, 0.15) is 25.8 Å². The first-order chi connectivity index (χ1) is 6.79. The summed E-state index contributed by atoms with van der Waals surface area (Å²) in [6.45, 7) is 4.47. The van der Waals surface area contributed by atoms with Gasteiger partial charge in [0.25, 0.3) is 0 Å². The minimum atomic E-state index is 0.566. The zero-order valence-corrected chi connectivity index (χ0v) is 8.53. The van der Waals surface area contributed by atoms with Crippen molar-refractivity contribution in [2.45, 2.75) is 20.3 Å². The van der Waals surface area contributed by atoms with Gasteiger partial charge < -0.3 is 9.94 Å². The summed E-state index contributed by atoms with van der Waals surface area (Å²) in [6, 6.07) is 7.54. The van der Waals surface area contributed by atoms with E-state index in [2.05, 4.69) is 12.1 Å². The Balaban J connectivity index is 2.91. The van der Waals surface area contributed by atoms with Crippen LogP contribution in [0.25, 0.3) is 0 Å². The standard InChI is InChI=1S/C11H15NO2/c1-3-8-14-11-7-5-4-6-10(11)9(2)12-13/h4-7,13H,3,8H2,1-2H3/b12-9+. The number of rotatable bonds is 4. The summed E-state index contributed by atoms with van der Waals surface area (Å²) < 4.78 is 5.52. The largest absolute Gasteiger partial charge is 0.493 e. The van der Waals surface area contributed by atoms with Gasteiger partial charge in [-0.05, 0) is 25.5 Å². The van der Waals surface area contributed by atoms with Crippen LogP contribution in [0.15, 0.2) is 29.4 Å². The summed E-state index contributed by atoms with van der Waals surface area (Å²) in [5, 5.41) is 11.8. The summed E-state index contributed by atoms with van der Waals surface area (Å²) in [7, 11) is 0. The molecule has 0 saturated carbocycles. The van der Waals surface area contributed by atoms with Crippen LogP contribution in [0.4, 0.5) is 0 Å². The highest BCUT2D eigenvalue weighted by Crippen LogP contribution is 2.18. The van der Waals surface area contributed by atoms with E-state index in [0.29, 0.717) is 12.3 Å². The van der Waals surface area contributed by atoms with E-state index < -0.39 is 0 Å². The van der Waals surface area contributed by atoms with Crippen LogP contribution in [-0.4, -0.2) is 17.5 Å². The summed E-state index contributed by atoms with van der Waals surface area (Å²) in [5.41, 5.74) is 1.40. The van der Waals surface area contributed by atoms with Gasteiger partial charge in [0.05, 0.1) is 12.3 Å². The molecule has 0 spiro atoms. The molecule has 0 bridgehead atoms. The predicted octanol–water partition coefficient (Wildman–Crippen LogP) is 2.67. The fourth-order valence-corrected chi connectivity index (χ4v) is 1.16. The van der Waals surface area contributed by atoms with E-state index >= 15 is 0 Å². The lowest BCUT2D eigenvalue weighted by Crippen LogP contribution is -2.02. The van der Waals surface area contributed by atoms with Crippen LogP contribution in [0, 0.1) is 0 Å². The zero-order valence-electron chi connectivity index (χ0n) is 8.53. The maximum absolute atomic E-state index is 8.67. The molecule has 0 saturated heterocycles. The van der Waals surface area contributed by atoms with E-state index in [4.69, 9.17) is 9.94 Å². The van der Waals surface area contributed by atoms with E-state index in [0.717, 1.165) is 17.7 Å². The summed E-state index contributed by atoms with van der Waals surface area (Å²) >= 11 is 0. The molecule has 14 heavy (non-hydrogen) atoms. The molecule has 3 nitrogen and oxygen atoms in total. The second kappa shape index (κ2) is 5.27. The molecule has 1 aromatic carbocycles. The lowest BCUT2D eigenvalue weighted by Gasteiger charge is -2.09. The second-order valence-electron chi connectivity index (χ2n) is 3.03. The number of para-hydroxylation sites is 1. The maximum Gasteiger partial charge on any atom is 0.128 e. The molecule has 0 aliphatic heterocycles. The molecule has 0 amide bonds. The van der Waals surface area contributed by atoms with E-state index in [9.17, 15) is 0 Å². The number of nitrogens with zero attached hydrogens (tertiary/aromatic N) is 1. The molecule has 1 rings (SSSR count). The third-order valence-electron chi connectivity index (χ3n) is 1.89. The van der Waals surface area contributed by atoms with Gasteiger partial charge in [-0.25, -0.2) is 0 Å². The monoisotopic (exact) mass is 193 g/mol. The van der Waals surface area contributed by atoms with Crippen molar-refractivity contribution in [3.63, 3.8) is 0 Å². The van der Waals surface area contributed by atoms with Crippen molar-refractivity contribution in [3.05, 3.63) is 29.8 Å². The van der Waals surface area contributed by atoms with Crippen LogP contribution < -0.4 is 4.74 Å². The third kappa shape index (κ3) is 2.49. The average Bonchev–Trinajstić information content (AvgIpc) is 2.25. The number of oxime groups is 1. The molecular formula is C11H15NO2. The Morgan fingerprint density at radius 3 is 2.79 bits per heavy atom. The topological polar surface area (TPSA) is 41.8 Å². The Kier molecular flexibility index (Phi) is 3.98. The molecule has 0 fully saturated rings. The molecule has 1 aromatic rings. The van der Waals surface area contributed by atoms with Crippen LogP contribution in [0.5, 0.6) is 5.75 Å². The molecule has 3 heteroatoms. The maximum atomic E-state index is 8.67. The lowest BCUT2D eigenvalue weighted by atomic mass is 10.1. The number of ether oxygens (including phenoxy) is 1. The van der Waals surface area contributed by atoms with Gasteiger partial charge in [-0.3, -0.25) is 0 Å². The van der Waals surface area contributed by atoms with Crippen LogP contribution in [-0.2, 0) is 0 Å². The van der Waals surface area contributed by atoms with Crippen LogP contribution in [0.3, 0.4) is 0 Å². The SMILES string of the molecule is CCCOc1ccccc1/C(C)=N/O. The molecule has 76 valence electrons. The van der Waals surface area contributed by atoms with E-state index in [-0.39, 0.29) is 0 Å². The van der Waals surface area contributed by atoms with Gasteiger partial charge in [0, 0.05) is 5.56 Å². The number of hydrogen-bond acceptors (Lipinski definition) is 3. The summed E-state index contributed by atoms with van der Waals surface area (Å²) in [4.78, 5) is 0. The fraction of sp³-hybridized carbons (Fsp3) is 0.364. The molecular weight excluding hydrogens is 178 g/mol. The van der Waals surface area contributed by atoms with E-state index in [1.54, 1.807) is 6.92 Å². The molecule has 1 N–H and O–H groups in total. The zero-order chi connectivity index (χ0) is 10.4. The smallest absolute Gasteiger partial charge is 0.128 e. The first kappa shape index (κ1) is 10.6. The normalized spacial score (nSPS) is 11.4. The number of benzene rings is 1. The van der Waals surface area contributed by atoms with E-state index in [1.807, 2.05) is 24.3 Å². The highest BCUT2D eigenvalue weighted by molar-refractivity contribution is 6.00. The Morgan fingerprint density at radius 2 is 2.14 bits per heavy atom. The first-order valence-electron chi connectivity index (χ1n) is 4.70. The second-order valence-corrected chi connectivity index (χ2v) is 3.03. The minimum Gasteiger partial charge on any atom is -0.493 e. The van der Waals surface area contributed by atoms with Crippen molar-refractivity contribution in [1.82, 2.24) is 0 Å². The van der Waals surface area contributed by atoms with Gasteiger partial charge in [-0.1, -0.05) is 24.2 Å². The van der Waals surface area contributed by atoms with Crippen LogP contribution in [0.2, 0.25) is 0 Å². The highest BCUT2D eigenvalue weighted by atomic mass is 16.5. The van der Waals surface area contributed by atoms with Gasteiger partial charge in [0.2, 0.25) is 0 Å². The Labute approximate surface area is 84.0 Å². The van der Waals surface area contributed by atoms with Gasteiger partial charge >= 0.3 is 0 Å². The fourth-order valence-electron chi connectivity index (χ4n) is 1.16. The minimum absolute atomic E-state index is 0.566. The molecule has 0 unspecified atom stereocenters. The third-order valence-corrected chi connectivity index (χ3v) is 1.89. The van der Waals surface area contributed by atoms with Crippen molar-refractivity contribution in [1.29, 1.82) is 0 Å². The summed E-state index contributed by atoms with van der Waals surface area (Å²) in [6.07, 6.45) is 0.962. The molecule has 0 aromatic heterocycles. The average molecular weight is 193 g/mol. The van der Waals surface area contributed by atoms with Crippen molar-refractivity contribution < 1.29 is 9.94 Å². The molecule has 0 aliphatic carbocycles. The van der Waals surface area contributed by atoms with Crippen molar-refractivity contribution in [2.24, 2.45) is 5.16 Å². The Bertz CT molecular complexity index is 321. The quantitative estimate of drug-likeness (QED) is 0.454. The van der Waals surface area contributed by atoms with Crippen molar-refractivity contribution in [3.8, 4) is 5.75 Å². The van der Waals surface area contributed by atoms with Gasteiger partial charge in [-0.2, -0.15) is 0 Å². The molecule has 0 aliphatic rings. The van der Waals surface area contributed by atoms with Crippen molar-refractivity contribution >= 4 is 5.71 Å². The van der Waals surface area contributed by atoms with Gasteiger partial charge in [0.15, 0.2) is 0 Å². The Hall–Kier alpha value is -1.51. The van der Waals surface area contributed by atoms with Gasteiger partial charge in [0.1, 0.15) is 5.75 Å². The first-order valence-corrected chi connectivity index (χ1v) is 4.70. The molecule has 0 radical (unpaired) electrons. The van der Waals surface area contributed by atoms with Gasteiger partial charge in [-0.15, -0.1) is 0 Å². The predicted molar refractivity (Wildman–Crippen MR) is 56.2 cm³/mol. The molecule has 0 atom stereocenters. The van der Waals surface area contributed by atoms with Crippen LogP contribution >= 0.6 is 0 Å². The Morgan fingerprint density at radius 1 is 1.43 bits per heavy atom. The highest BCUT2D eigenvalue weighted by Gasteiger charge is 2.05. The molecule has 0 heterocycles. The van der Waals surface area contributed by atoms with E-state index in [1.165, 1.54) is 0 Å². The van der Waals surface area contributed by atoms with Crippen molar-refractivity contribution in [2.75, 3.05) is 6.61 Å². The lowest BCUT2D eigenvalue weighted by molar-refractivity contribution is 0.312. The summed E-state index contributed by atoms with van der Waals surface area (Å²) in [5.74, 6) is 0.768.